The normalized spacial score (nSPS) is 14.5. The van der Waals surface area contributed by atoms with Gasteiger partial charge in [-0.2, -0.15) is 0 Å². The smallest absolute Gasteiger partial charge is 0.00236 e. The maximum atomic E-state index is 3.29. The molecule has 0 aromatic carbocycles. The van der Waals surface area contributed by atoms with Crippen molar-refractivity contribution in [3.8, 4) is 0 Å². The molecule has 0 fully saturated rings. The summed E-state index contributed by atoms with van der Waals surface area (Å²) >= 11 is 0. The van der Waals surface area contributed by atoms with Crippen molar-refractivity contribution in [3.05, 3.63) is 0 Å². The van der Waals surface area contributed by atoms with E-state index in [0.29, 0.717) is 0 Å². The van der Waals surface area contributed by atoms with Crippen LogP contribution in [0.25, 0.3) is 0 Å². The van der Waals surface area contributed by atoms with Crippen LogP contribution in [0.1, 0.15) is 91.4 Å². The molecule has 0 aliphatic carbocycles. The van der Waals surface area contributed by atoms with E-state index in [2.05, 4.69) is 33.1 Å². The van der Waals surface area contributed by atoms with Crippen molar-refractivity contribution in [1.29, 1.82) is 0 Å². The predicted octanol–water partition coefficient (Wildman–Crippen LogP) is 5.79. The molecule has 0 bridgehead atoms. The van der Waals surface area contributed by atoms with Crippen molar-refractivity contribution in [2.75, 3.05) is 13.6 Å². The molecule has 0 rings (SSSR count). The molecule has 0 heterocycles. The van der Waals surface area contributed by atoms with Gasteiger partial charge >= 0.3 is 0 Å². The highest BCUT2D eigenvalue weighted by Gasteiger charge is 2.10. The third-order valence-corrected chi connectivity index (χ3v) is 4.51. The summed E-state index contributed by atoms with van der Waals surface area (Å²) in [6.45, 7) is 8.24. The lowest BCUT2D eigenvalue weighted by Crippen LogP contribution is -2.21. The van der Waals surface area contributed by atoms with Gasteiger partial charge in [0.2, 0.25) is 0 Å². The summed E-state index contributed by atoms with van der Waals surface area (Å²) in [6, 6.07) is 0. The van der Waals surface area contributed by atoms with Gasteiger partial charge in [0, 0.05) is 0 Å². The summed E-state index contributed by atoms with van der Waals surface area (Å²) in [4.78, 5) is 0. The predicted molar refractivity (Wildman–Crippen MR) is 88.7 cm³/mol. The fourth-order valence-corrected chi connectivity index (χ4v) is 2.76. The number of nitrogens with one attached hydrogen (secondary N) is 1. The van der Waals surface area contributed by atoms with Crippen LogP contribution in [0.5, 0.6) is 0 Å². The van der Waals surface area contributed by atoms with E-state index < -0.39 is 0 Å². The van der Waals surface area contributed by atoms with Crippen LogP contribution in [0.4, 0.5) is 0 Å². The van der Waals surface area contributed by atoms with E-state index in [1.807, 2.05) is 0 Å². The van der Waals surface area contributed by atoms with Gasteiger partial charge in [-0.3, -0.25) is 0 Å². The van der Waals surface area contributed by atoms with Gasteiger partial charge in [0.25, 0.3) is 0 Å². The van der Waals surface area contributed by atoms with Crippen LogP contribution in [0.2, 0.25) is 0 Å². The molecule has 19 heavy (non-hydrogen) atoms. The van der Waals surface area contributed by atoms with E-state index in [9.17, 15) is 0 Å². The highest BCUT2D eigenvalue weighted by molar-refractivity contribution is 4.63. The van der Waals surface area contributed by atoms with Crippen molar-refractivity contribution < 1.29 is 0 Å². The number of hydrogen-bond donors (Lipinski definition) is 1. The minimum absolute atomic E-state index is 0.823. The first kappa shape index (κ1) is 19.0. The minimum Gasteiger partial charge on any atom is -0.319 e. The van der Waals surface area contributed by atoms with E-state index in [1.54, 1.807) is 0 Å². The molecule has 0 aromatic heterocycles. The van der Waals surface area contributed by atoms with Crippen molar-refractivity contribution in [2.45, 2.75) is 91.4 Å². The molecule has 2 atom stereocenters. The molecule has 0 aliphatic rings. The van der Waals surface area contributed by atoms with E-state index in [1.165, 1.54) is 77.2 Å². The Hall–Kier alpha value is -0.0400. The van der Waals surface area contributed by atoms with Gasteiger partial charge < -0.3 is 5.32 Å². The van der Waals surface area contributed by atoms with Gasteiger partial charge in [-0.1, -0.05) is 91.4 Å². The SMILES string of the molecule is CCCCCCCCCCCCC(C)C(C)CNC. The zero-order valence-electron chi connectivity index (χ0n) is 14.1. The van der Waals surface area contributed by atoms with Gasteiger partial charge in [-0.15, -0.1) is 0 Å². The monoisotopic (exact) mass is 269 g/mol. The maximum absolute atomic E-state index is 3.29. The Kier molecular flexibility index (Phi) is 14.3. The van der Waals surface area contributed by atoms with Gasteiger partial charge in [-0.25, -0.2) is 0 Å². The van der Waals surface area contributed by atoms with Gasteiger partial charge in [-0.05, 0) is 25.4 Å². The summed E-state index contributed by atoms with van der Waals surface area (Å²) in [6.07, 6.45) is 15.9. The molecule has 1 heteroatoms. The Morgan fingerprint density at radius 2 is 1.16 bits per heavy atom. The third-order valence-electron chi connectivity index (χ3n) is 4.51. The molecule has 0 radical (unpaired) electrons. The zero-order chi connectivity index (χ0) is 14.3. The fourth-order valence-electron chi connectivity index (χ4n) is 2.76. The summed E-state index contributed by atoms with van der Waals surface area (Å²) < 4.78 is 0. The van der Waals surface area contributed by atoms with E-state index in [0.717, 1.165) is 11.8 Å². The van der Waals surface area contributed by atoms with E-state index >= 15 is 0 Å². The van der Waals surface area contributed by atoms with Crippen LogP contribution in [0.15, 0.2) is 0 Å². The second kappa shape index (κ2) is 14.4. The highest BCUT2D eigenvalue weighted by atomic mass is 14.8. The first-order valence-electron chi connectivity index (χ1n) is 8.87. The lowest BCUT2D eigenvalue weighted by atomic mass is 9.90. The fraction of sp³-hybridized carbons (Fsp3) is 1.00. The third kappa shape index (κ3) is 12.7. The maximum Gasteiger partial charge on any atom is -0.00236 e. The number of unbranched alkanes of at least 4 members (excludes halogenated alkanes) is 9. The van der Waals surface area contributed by atoms with Gasteiger partial charge in [0.05, 0.1) is 0 Å². The quantitative estimate of drug-likeness (QED) is 0.394. The first-order valence-corrected chi connectivity index (χ1v) is 8.87. The second-order valence-corrected chi connectivity index (χ2v) is 6.48. The van der Waals surface area contributed by atoms with E-state index in [4.69, 9.17) is 0 Å². The van der Waals surface area contributed by atoms with Crippen LogP contribution in [0.3, 0.4) is 0 Å². The average molecular weight is 270 g/mol. The molecule has 0 aliphatic heterocycles. The number of hydrogen-bond acceptors (Lipinski definition) is 1. The highest BCUT2D eigenvalue weighted by Crippen LogP contribution is 2.19. The molecular weight excluding hydrogens is 230 g/mol. The summed E-state index contributed by atoms with van der Waals surface area (Å²) in [5, 5.41) is 3.29. The molecule has 1 nitrogen and oxygen atoms in total. The Bertz CT molecular complexity index is 167. The van der Waals surface area contributed by atoms with Crippen LogP contribution < -0.4 is 5.32 Å². The van der Waals surface area contributed by atoms with Crippen molar-refractivity contribution in [1.82, 2.24) is 5.32 Å². The lowest BCUT2D eigenvalue weighted by molar-refractivity contribution is 0.342. The summed E-state index contributed by atoms with van der Waals surface area (Å²) in [7, 11) is 2.06. The number of rotatable bonds is 14. The summed E-state index contributed by atoms with van der Waals surface area (Å²) in [5.41, 5.74) is 0. The second-order valence-electron chi connectivity index (χ2n) is 6.48. The zero-order valence-corrected chi connectivity index (χ0v) is 14.1. The molecule has 2 unspecified atom stereocenters. The Balaban J connectivity index is 3.18. The Morgan fingerprint density at radius 3 is 1.63 bits per heavy atom. The van der Waals surface area contributed by atoms with Crippen molar-refractivity contribution >= 4 is 0 Å². The van der Waals surface area contributed by atoms with Crippen LogP contribution >= 0.6 is 0 Å². The van der Waals surface area contributed by atoms with E-state index in [-0.39, 0.29) is 0 Å². The van der Waals surface area contributed by atoms with Gasteiger partial charge in [0.15, 0.2) is 0 Å². The molecule has 0 aromatic rings. The minimum atomic E-state index is 0.823. The molecule has 116 valence electrons. The van der Waals surface area contributed by atoms with Crippen molar-refractivity contribution in [2.24, 2.45) is 11.8 Å². The molecule has 1 N–H and O–H groups in total. The Morgan fingerprint density at radius 1 is 0.684 bits per heavy atom. The molecule has 0 saturated carbocycles. The Labute approximate surface area is 122 Å². The van der Waals surface area contributed by atoms with Crippen LogP contribution in [-0.2, 0) is 0 Å². The molecule has 0 spiro atoms. The molecular formula is C18H39N. The van der Waals surface area contributed by atoms with Crippen LogP contribution in [0, 0.1) is 11.8 Å². The molecule has 0 amide bonds. The summed E-state index contributed by atoms with van der Waals surface area (Å²) in [5.74, 6) is 1.70. The van der Waals surface area contributed by atoms with Crippen LogP contribution in [-0.4, -0.2) is 13.6 Å². The standard InChI is InChI=1S/C18H39N/c1-5-6-7-8-9-10-11-12-13-14-15-17(2)18(3)16-19-4/h17-19H,5-16H2,1-4H3. The van der Waals surface area contributed by atoms with Crippen molar-refractivity contribution in [3.63, 3.8) is 0 Å². The van der Waals surface area contributed by atoms with Gasteiger partial charge in [0.1, 0.15) is 0 Å². The first-order chi connectivity index (χ1) is 9.22. The largest absolute Gasteiger partial charge is 0.319 e. The topological polar surface area (TPSA) is 12.0 Å². The molecule has 0 saturated heterocycles. The lowest BCUT2D eigenvalue weighted by Gasteiger charge is -2.19. The average Bonchev–Trinajstić information content (AvgIpc) is 2.41.